The Morgan fingerprint density at radius 3 is 2.62 bits per heavy atom. The monoisotopic (exact) mass is 330 g/mol. The van der Waals surface area contributed by atoms with Gasteiger partial charge in [-0.2, -0.15) is 0 Å². The van der Waals surface area contributed by atoms with Crippen LogP contribution < -0.4 is 0 Å². The first-order valence-corrected chi connectivity index (χ1v) is 8.81. The molecule has 5 atom stereocenters. The van der Waals surface area contributed by atoms with Crippen molar-refractivity contribution in [3.8, 4) is 0 Å². The predicted octanol–water partition coefficient (Wildman–Crippen LogP) is 2.32. The van der Waals surface area contributed by atoms with E-state index in [1.165, 1.54) is 0 Å². The van der Waals surface area contributed by atoms with Gasteiger partial charge in [0.15, 0.2) is 5.78 Å². The van der Waals surface area contributed by atoms with Gasteiger partial charge in [-0.05, 0) is 37.8 Å². The first-order chi connectivity index (χ1) is 11.1. The second kappa shape index (κ2) is 4.69. The normalized spacial score (nSPS) is 48.5. The van der Waals surface area contributed by atoms with Crippen molar-refractivity contribution in [2.45, 2.75) is 58.3 Å². The maximum Gasteiger partial charge on any atom is 0.179 e. The van der Waals surface area contributed by atoms with E-state index in [2.05, 4.69) is 0 Å². The van der Waals surface area contributed by atoms with Crippen LogP contribution in [0.15, 0.2) is 34.9 Å². The second-order valence-electron chi connectivity index (χ2n) is 8.58. The van der Waals surface area contributed by atoms with Crippen LogP contribution in [0.3, 0.4) is 0 Å². The van der Waals surface area contributed by atoms with Gasteiger partial charge in [-0.15, -0.1) is 0 Å². The van der Waals surface area contributed by atoms with Gasteiger partial charge < -0.3 is 14.9 Å². The fourth-order valence-electron chi connectivity index (χ4n) is 5.10. The molecule has 0 aromatic rings. The Hall–Kier alpha value is -1.23. The molecular formula is C20H26O4. The molecule has 2 bridgehead atoms. The summed E-state index contributed by atoms with van der Waals surface area (Å²) in [6, 6.07) is 0. The maximum absolute atomic E-state index is 13.3. The Kier molecular flexibility index (Phi) is 3.17. The third kappa shape index (κ3) is 1.77. The Morgan fingerprint density at radius 2 is 2.00 bits per heavy atom. The van der Waals surface area contributed by atoms with Crippen LogP contribution in [0, 0.1) is 16.7 Å². The van der Waals surface area contributed by atoms with Crippen LogP contribution in [0.25, 0.3) is 0 Å². The van der Waals surface area contributed by atoms with Gasteiger partial charge in [-0.3, -0.25) is 4.79 Å². The van der Waals surface area contributed by atoms with Crippen molar-refractivity contribution >= 4 is 5.78 Å². The standard InChI is InChI=1S/C20H26O4/c1-11-5-8-20(23)9-13-12-10-24-14(12)6-7-19(13,4)17(22)16(21)15(11)18(20,2)3/h6-7,9,12,14,16,21,23H,5,8,10H2,1-4H3/b13-9-/t12?,14?,16-,19-,20-/m1/s1. The van der Waals surface area contributed by atoms with Crippen molar-refractivity contribution in [3.05, 3.63) is 34.9 Å². The minimum atomic E-state index is -1.18. The largest absolute Gasteiger partial charge is 0.385 e. The van der Waals surface area contributed by atoms with Crippen LogP contribution in [-0.2, 0) is 9.53 Å². The van der Waals surface area contributed by atoms with E-state index < -0.39 is 22.5 Å². The summed E-state index contributed by atoms with van der Waals surface area (Å²) in [6.07, 6.45) is 5.84. The quantitative estimate of drug-likeness (QED) is 0.669. The van der Waals surface area contributed by atoms with E-state index in [0.29, 0.717) is 25.0 Å². The van der Waals surface area contributed by atoms with E-state index in [1.54, 1.807) is 0 Å². The summed E-state index contributed by atoms with van der Waals surface area (Å²) in [5, 5.41) is 22.5. The van der Waals surface area contributed by atoms with E-state index in [-0.39, 0.29) is 17.8 Å². The molecule has 0 radical (unpaired) electrons. The molecule has 1 saturated heterocycles. The third-order valence-electron chi connectivity index (χ3n) is 7.01. The number of hydrogen-bond donors (Lipinski definition) is 2. The second-order valence-corrected chi connectivity index (χ2v) is 8.58. The molecule has 130 valence electrons. The zero-order chi connectivity index (χ0) is 17.5. The van der Waals surface area contributed by atoms with E-state index >= 15 is 0 Å². The van der Waals surface area contributed by atoms with Crippen molar-refractivity contribution in [3.63, 3.8) is 0 Å². The van der Waals surface area contributed by atoms with Gasteiger partial charge in [0.05, 0.1) is 23.7 Å². The van der Waals surface area contributed by atoms with Crippen LogP contribution in [0.5, 0.6) is 0 Å². The lowest BCUT2D eigenvalue weighted by Crippen LogP contribution is -2.58. The van der Waals surface area contributed by atoms with E-state index in [1.807, 2.05) is 45.9 Å². The van der Waals surface area contributed by atoms with Gasteiger partial charge in [0.1, 0.15) is 6.10 Å². The molecule has 4 aliphatic rings. The molecule has 0 saturated carbocycles. The average Bonchev–Trinajstić information content (AvgIpc) is 2.47. The van der Waals surface area contributed by atoms with Crippen LogP contribution >= 0.6 is 0 Å². The number of hydrogen-bond acceptors (Lipinski definition) is 4. The molecular weight excluding hydrogens is 304 g/mol. The van der Waals surface area contributed by atoms with Crippen molar-refractivity contribution in [2.24, 2.45) is 16.7 Å². The lowest BCUT2D eigenvalue weighted by atomic mass is 9.54. The van der Waals surface area contributed by atoms with Crippen LogP contribution in [0.1, 0.15) is 40.5 Å². The van der Waals surface area contributed by atoms with E-state index in [4.69, 9.17) is 4.74 Å². The Bertz CT molecular complexity index is 713. The summed E-state index contributed by atoms with van der Waals surface area (Å²) in [6.45, 7) is 8.28. The summed E-state index contributed by atoms with van der Waals surface area (Å²) in [4.78, 5) is 13.3. The molecule has 24 heavy (non-hydrogen) atoms. The topological polar surface area (TPSA) is 66.8 Å². The molecule has 4 rings (SSSR count). The summed E-state index contributed by atoms with van der Waals surface area (Å²) in [7, 11) is 0. The fraction of sp³-hybridized carbons (Fsp3) is 0.650. The molecule has 4 heteroatoms. The number of aliphatic hydroxyl groups is 2. The molecule has 1 fully saturated rings. The van der Waals surface area contributed by atoms with Crippen molar-refractivity contribution in [2.75, 3.05) is 6.61 Å². The number of ether oxygens (including phenoxy) is 1. The highest BCUT2D eigenvalue weighted by molar-refractivity contribution is 5.96. The average molecular weight is 330 g/mol. The van der Waals surface area contributed by atoms with Crippen LogP contribution in [0.4, 0.5) is 0 Å². The summed E-state index contributed by atoms with van der Waals surface area (Å²) < 4.78 is 5.58. The molecule has 1 heterocycles. The van der Waals surface area contributed by atoms with Crippen molar-refractivity contribution in [1.82, 2.24) is 0 Å². The molecule has 4 nitrogen and oxygen atoms in total. The lowest BCUT2D eigenvalue weighted by molar-refractivity contribution is -0.137. The highest BCUT2D eigenvalue weighted by Gasteiger charge is 2.58. The minimum absolute atomic E-state index is 0.0132. The lowest BCUT2D eigenvalue weighted by Gasteiger charge is -2.54. The summed E-state index contributed by atoms with van der Waals surface area (Å²) >= 11 is 0. The smallest absolute Gasteiger partial charge is 0.179 e. The summed E-state index contributed by atoms with van der Waals surface area (Å²) in [5.74, 6) is -0.0775. The molecule has 0 aromatic carbocycles. The molecule has 3 aliphatic carbocycles. The molecule has 2 unspecified atom stereocenters. The number of aliphatic hydroxyl groups excluding tert-OH is 1. The van der Waals surface area contributed by atoms with Gasteiger partial charge in [0.2, 0.25) is 0 Å². The number of ketones is 1. The van der Waals surface area contributed by atoms with Crippen molar-refractivity contribution < 1.29 is 19.7 Å². The van der Waals surface area contributed by atoms with Gasteiger partial charge in [-0.25, -0.2) is 0 Å². The van der Waals surface area contributed by atoms with Gasteiger partial charge in [-0.1, -0.05) is 37.6 Å². The Morgan fingerprint density at radius 1 is 1.29 bits per heavy atom. The molecule has 0 amide bonds. The Balaban J connectivity index is 2.00. The van der Waals surface area contributed by atoms with Gasteiger partial charge in [0.25, 0.3) is 0 Å². The molecule has 0 aromatic heterocycles. The zero-order valence-corrected chi connectivity index (χ0v) is 14.8. The van der Waals surface area contributed by atoms with Gasteiger partial charge >= 0.3 is 0 Å². The Labute approximate surface area is 142 Å². The number of carbonyl (C=O) groups is 1. The van der Waals surface area contributed by atoms with Crippen molar-refractivity contribution in [1.29, 1.82) is 0 Å². The van der Waals surface area contributed by atoms with E-state index in [9.17, 15) is 15.0 Å². The highest BCUT2D eigenvalue weighted by Crippen LogP contribution is 2.56. The number of rotatable bonds is 0. The first kappa shape index (κ1) is 16.2. The maximum atomic E-state index is 13.3. The number of allylic oxidation sites excluding steroid dienone is 2. The molecule has 0 spiro atoms. The number of Topliss-reactive ketones (excluding diaryl/α,β-unsaturated/α-hetero) is 1. The van der Waals surface area contributed by atoms with Crippen LogP contribution in [0.2, 0.25) is 0 Å². The van der Waals surface area contributed by atoms with E-state index in [0.717, 1.165) is 11.1 Å². The fourth-order valence-corrected chi connectivity index (χ4v) is 5.10. The third-order valence-corrected chi connectivity index (χ3v) is 7.01. The number of fused-ring (bicyclic) bond motifs is 5. The van der Waals surface area contributed by atoms with Gasteiger partial charge in [0, 0.05) is 11.3 Å². The summed E-state index contributed by atoms with van der Waals surface area (Å²) in [5.41, 5.74) is 0.0108. The minimum Gasteiger partial charge on any atom is -0.385 e. The predicted molar refractivity (Wildman–Crippen MR) is 90.2 cm³/mol. The first-order valence-electron chi connectivity index (χ1n) is 8.81. The number of carbonyl (C=O) groups excluding carboxylic acids is 1. The molecule has 1 aliphatic heterocycles. The zero-order valence-electron chi connectivity index (χ0n) is 14.8. The van der Waals surface area contributed by atoms with Crippen LogP contribution in [-0.4, -0.2) is 40.4 Å². The SMILES string of the molecule is CC1=C2[C@@H](O)C(=O)[C@]3(C)C=CC4OCC4/C3=C/[C@](O)(CC1)C2(C)C. The molecule has 2 N–H and O–H groups in total. The highest BCUT2D eigenvalue weighted by atomic mass is 16.5.